The van der Waals surface area contributed by atoms with Gasteiger partial charge >= 0.3 is 18.4 Å². The van der Waals surface area contributed by atoms with Crippen LogP contribution in [0.3, 0.4) is 0 Å². The summed E-state index contributed by atoms with van der Waals surface area (Å²) >= 11 is 0. The van der Waals surface area contributed by atoms with Gasteiger partial charge in [0.05, 0.1) is 27.9 Å². The second kappa shape index (κ2) is 27.8. The molecular formula is C66H71F6N17O4. The van der Waals surface area contributed by atoms with E-state index in [9.17, 15) is 40.7 Å². The first-order valence-electron chi connectivity index (χ1n) is 30.2. The maximum atomic E-state index is 14.1. The fourth-order valence-electron chi connectivity index (χ4n) is 10.9. The third kappa shape index (κ3) is 16.2. The number of nitrogens with one attached hydrogen (secondary N) is 3. The van der Waals surface area contributed by atoms with E-state index in [-0.39, 0.29) is 81.1 Å². The van der Waals surface area contributed by atoms with Gasteiger partial charge in [-0.3, -0.25) is 19.4 Å². The molecule has 3 aliphatic heterocycles. The normalized spacial score (nSPS) is 15.6. The zero-order valence-electron chi connectivity index (χ0n) is 52.5. The first-order chi connectivity index (χ1) is 44.1. The molecule has 8 aromatic rings. The number of carbonyl (C=O) groups excluding carboxylic acids is 3. The molecule has 4 aromatic carbocycles. The highest BCUT2D eigenvalue weighted by atomic mass is 19.4. The fourth-order valence-corrected chi connectivity index (χ4v) is 10.9. The highest BCUT2D eigenvalue weighted by Crippen LogP contribution is 2.37. The number of hydrogen-bond acceptors (Lipinski definition) is 17. The number of benzene rings is 4. The second-order valence-corrected chi connectivity index (χ2v) is 24.3. The van der Waals surface area contributed by atoms with Crippen molar-refractivity contribution in [2.45, 2.75) is 84.5 Å². The number of nitrogens with zero attached hydrogens (tertiary/aromatic N) is 12. The Morgan fingerprint density at radius 3 is 1.48 bits per heavy atom. The van der Waals surface area contributed by atoms with Crippen molar-refractivity contribution in [2.24, 2.45) is 0 Å². The molecule has 27 heteroatoms. The van der Waals surface area contributed by atoms with Crippen molar-refractivity contribution in [2.75, 3.05) is 102 Å². The summed E-state index contributed by atoms with van der Waals surface area (Å²) in [5, 5.41) is 18.5. The van der Waals surface area contributed by atoms with Crippen molar-refractivity contribution in [3.05, 3.63) is 152 Å². The zero-order chi connectivity index (χ0) is 66.5. The number of nitrogens with two attached hydrogens (primary N) is 2. The molecule has 0 atom stereocenters. The lowest BCUT2D eigenvalue weighted by Gasteiger charge is -2.33. The van der Waals surface area contributed by atoms with E-state index >= 15 is 0 Å². The summed E-state index contributed by atoms with van der Waals surface area (Å²) in [5.41, 5.74) is 14.7. The van der Waals surface area contributed by atoms with Gasteiger partial charge in [-0.15, -0.1) is 4.68 Å². The van der Waals surface area contributed by atoms with Crippen molar-refractivity contribution >= 4 is 63.0 Å². The number of anilines is 4. The van der Waals surface area contributed by atoms with Gasteiger partial charge in [0.25, 0.3) is 11.8 Å². The molecule has 7 heterocycles. The summed E-state index contributed by atoms with van der Waals surface area (Å²) in [5.74, 6) is 11.3. The molecule has 0 bridgehead atoms. The van der Waals surface area contributed by atoms with Crippen LogP contribution in [0.25, 0.3) is 22.1 Å². The minimum atomic E-state index is -4.59. The fraction of sp³-hybridized carbons (Fsp3) is 0.379. The molecule has 0 spiro atoms. The standard InChI is InChI=1S/C33H36F3N9O.C33H35F3N8O3/c1-21-3-4-23(32(46)41-25-7-5-24(27(18-25)33(34,35)36)19-44-15-13-43(2)14-16-44)17-22(21)6-8-28-29-30(37)39-20-40-31(29)45(42-28)26-9-11-38-12-10-26;1-20-6-7-22(30(45)40-24-10-8-23(25(17-24)33(34,35)36)18-43-14-12-42(5)13-15-43)16-21(20)9-11-26-27-28(37)38-19-39-29(27)44(41-26)31(46)47-32(2,3)4/h3-5,7,17-18,20,26,38H,9-16,19H2,1-2H3,(H,41,46)(H2,37,39,40);6-8,10,16-17,19H,12-15,18H2,1-5H3,(H,40,45)(H2,37,38,39). The Kier molecular flexibility index (Phi) is 19.8. The Morgan fingerprint density at radius 2 is 1.03 bits per heavy atom. The number of aromatic nitrogens is 8. The molecule has 21 nitrogen and oxygen atoms in total. The predicted octanol–water partition coefficient (Wildman–Crippen LogP) is 8.98. The van der Waals surface area contributed by atoms with Crippen LogP contribution in [0.1, 0.15) is 116 Å². The van der Waals surface area contributed by atoms with Crippen LogP contribution >= 0.6 is 0 Å². The molecule has 3 aliphatic rings. The van der Waals surface area contributed by atoms with Gasteiger partial charge < -0.3 is 42.0 Å². The topological polar surface area (TPSA) is 249 Å². The number of nitrogen functional groups attached to an aromatic ring is 2. The minimum absolute atomic E-state index is 0.0206. The molecule has 0 aliphatic carbocycles. The van der Waals surface area contributed by atoms with Crippen LogP contribution in [-0.2, 0) is 30.2 Å². The molecule has 0 radical (unpaired) electrons. The number of carbonyl (C=O) groups is 3. The van der Waals surface area contributed by atoms with Gasteiger partial charge in [-0.25, -0.2) is 29.4 Å². The quantitative estimate of drug-likeness (QED) is 0.0668. The molecule has 2 amide bonds. The lowest BCUT2D eigenvalue weighted by molar-refractivity contribution is -0.139. The maximum absolute atomic E-state index is 14.1. The second-order valence-electron chi connectivity index (χ2n) is 24.3. The van der Waals surface area contributed by atoms with E-state index in [2.05, 4.69) is 74.5 Å². The lowest BCUT2D eigenvalue weighted by atomic mass is 10.0. The summed E-state index contributed by atoms with van der Waals surface area (Å²) in [6, 6.07) is 17.7. The van der Waals surface area contributed by atoms with Crippen molar-refractivity contribution in [1.29, 1.82) is 0 Å². The summed E-state index contributed by atoms with van der Waals surface area (Å²) in [7, 11) is 3.98. The first kappa shape index (κ1) is 66.4. The van der Waals surface area contributed by atoms with Crippen LogP contribution in [0.2, 0.25) is 0 Å². The maximum Gasteiger partial charge on any atom is 0.437 e. The Balaban J connectivity index is 0.000000203. The highest BCUT2D eigenvalue weighted by molar-refractivity contribution is 6.05. The van der Waals surface area contributed by atoms with E-state index in [1.165, 1.54) is 43.0 Å². The molecule has 11 rings (SSSR count). The molecule has 4 aromatic heterocycles. The molecule has 3 saturated heterocycles. The number of piperazine rings is 2. The minimum Gasteiger partial charge on any atom is -0.442 e. The smallest absolute Gasteiger partial charge is 0.437 e. The monoisotopic (exact) mass is 1280 g/mol. The van der Waals surface area contributed by atoms with E-state index in [1.807, 2.05) is 35.5 Å². The third-order valence-electron chi connectivity index (χ3n) is 16.2. The van der Waals surface area contributed by atoms with Gasteiger partial charge in [-0.1, -0.05) is 36.1 Å². The van der Waals surface area contributed by atoms with Gasteiger partial charge in [0, 0.05) is 99.1 Å². The van der Waals surface area contributed by atoms with E-state index in [0.717, 1.165) is 80.1 Å². The van der Waals surface area contributed by atoms with Gasteiger partial charge in [0.15, 0.2) is 11.3 Å². The Morgan fingerprint density at radius 1 is 0.591 bits per heavy atom. The summed E-state index contributed by atoms with van der Waals surface area (Å²) in [4.78, 5) is 64.2. The first-order valence-corrected chi connectivity index (χ1v) is 30.2. The Bertz CT molecular complexity index is 4250. The van der Waals surface area contributed by atoms with Crippen molar-refractivity contribution in [3.63, 3.8) is 0 Å². The number of likely N-dealkylation sites (N-methyl/N-ethyl adjacent to an activating group) is 2. The summed E-state index contributed by atoms with van der Waals surface area (Å²) < 4.78 is 92.7. The van der Waals surface area contributed by atoms with Crippen LogP contribution in [-0.4, -0.2) is 162 Å². The van der Waals surface area contributed by atoms with Crippen molar-refractivity contribution in [3.8, 4) is 23.7 Å². The highest BCUT2D eigenvalue weighted by Gasteiger charge is 2.36. The van der Waals surface area contributed by atoms with Gasteiger partial charge in [-0.2, -0.15) is 36.5 Å². The van der Waals surface area contributed by atoms with Gasteiger partial charge in [0.1, 0.15) is 41.3 Å². The molecule has 7 N–H and O–H groups in total. The number of alkyl halides is 6. The van der Waals surface area contributed by atoms with E-state index in [1.54, 1.807) is 58.0 Å². The largest absolute Gasteiger partial charge is 0.442 e. The van der Waals surface area contributed by atoms with E-state index in [0.29, 0.717) is 54.0 Å². The van der Waals surface area contributed by atoms with Crippen LogP contribution in [0.4, 0.5) is 54.1 Å². The van der Waals surface area contributed by atoms with Crippen LogP contribution in [0.15, 0.2) is 85.5 Å². The summed E-state index contributed by atoms with van der Waals surface area (Å²) in [6.45, 7) is 16.8. The van der Waals surface area contributed by atoms with E-state index < -0.39 is 47.0 Å². The number of hydrogen-bond donors (Lipinski definition) is 5. The predicted molar refractivity (Wildman–Crippen MR) is 341 cm³/mol. The average Bonchev–Trinajstić information content (AvgIpc) is 1.66. The van der Waals surface area contributed by atoms with Crippen molar-refractivity contribution < 1.29 is 45.5 Å². The van der Waals surface area contributed by atoms with E-state index in [4.69, 9.17) is 21.3 Å². The lowest BCUT2D eigenvalue weighted by Crippen LogP contribution is -2.44. The van der Waals surface area contributed by atoms with Crippen LogP contribution < -0.4 is 27.4 Å². The third-order valence-corrected chi connectivity index (χ3v) is 16.2. The summed E-state index contributed by atoms with van der Waals surface area (Å²) in [6.07, 6.45) is -5.52. The zero-order valence-corrected chi connectivity index (χ0v) is 52.5. The molecule has 3 fully saturated rings. The number of halogens is 6. The number of fused-ring (bicyclic) bond motifs is 2. The van der Waals surface area contributed by atoms with Gasteiger partial charge in [0.2, 0.25) is 0 Å². The average molecular weight is 1280 g/mol. The number of amides is 2. The number of ether oxygens (including phenoxy) is 1. The van der Waals surface area contributed by atoms with Crippen LogP contribution in [0.5, 0.6) is 0 Å². The number of aryl methyl sites for hydroxylation is 2. The molecule has 0 saturated carbocycles. The Labute approximate surface area is 533 Å². The van der Waals surface area contributed by atoms with Gasteiger partial charge in [-0.05, 0) is 157 Å². The van der Waals surface area contributed by atoms with Crippen LogP contribution in [0, 0.1) is 37.5 Å². The molecular weight excluding hydrogens is 1210 g/mol. The molecule has 93 heavy (non-hydrogen) atoms. The molecule has 486 valence electrons. The number of piperidine rings is 1. The van der Waals surface area contributed by atoms with Crippen molar-refractivity contribution in [1.82, 2.24) is 64.4 Å². The Hall–Kier alpha value is -9.51. The number of rotatable bonds is 9. The SMILES string of the molecule is Cc1ccc(C(=O)Nc2ccc(CN3CCN(C)CC3)c(C(F)(F)F)c2)cc1C#Cc1nn(C(=O)OC(C)(C)C)c2ncnc(N)c12.Cc1ccc(C(=O)Nc2ccc(CN3CCN(C)CC3)c(C(F)(F)F)c2)cc1C#Cc1nn(C2CCNCC2)c2ncnc(N)c12. The molecule has 0 unspecified atom stereocenters.